The highest BCUT2D eigenvalue weighted by Crippen LogP contribution is 2.29. The third kappa shape index (κ3) is 3.12. The van der Waals surface area contributed by atoms with E-state index in [2.05, 4.69) is 5.32 Å². The molecule has 0 saturated carbocycles. The lowest BCUT2D eigenvalue weighted by atomic mass is 10.0. The van der Waals surface area contributed by atoms with Crippen LogP contribution in [-0.4, -0.2) is 27.8 Å². The smallest absolute Gasteiger partial charge is 0.123 e. The number of ether oxygens (including phenoxy) is 2. The quantitative estimate of drug-likeness (QED) is 0.765. The molecule has 4 heteroatoms. The average molecular weight is 224 g/mol. The molecular formula is C12H20N2O2. The molecule has 1 aromatic carbocycles. The van der Waals surface area contributed by atoms with E-state index >= 15 is 0 Å². The summed E-state index contributed by atoms with van der Waals surface area (Å²) in [6.45, 7) is 0.877. The fourth-order valence-electron chi connectivity index (χ4n) is 1.58. The molecule has 0 radical (unpaired) electrons. The molecule has 0 spiro atoms. The summed E-state index contributed by atoms with van der Waals surface area (Å²) in [7, 11) is 5.20. The van der Waals surface area contributed by atoms with Gasteiger partial charge in [-0.1, -0.05) is 0 Å². The molecule has 0 amide bonds. The number of benzene rings is 1. The van der Waals surface area contributed by atoms with Gasteiger partial charge in [-0.05, 0) is 38.2 Å². The van der Waals surface area contributed by atoms with Crippen LogP contribution in [0.2, 0.25) is 0 Å². The fourth-order valence-corrected chi connectivity index (χ4v) is 1.58. The summed E-state index contributed by atoms with van der Waals surface area (Å²) in [5.74, 6) is 1.61. The molecule has 1 aromatic rings. The largest absolute Gasteiger partial charge is 0.497 e. The minimum absolute atomic E-state index is 0.0440. The summed E-state index contributed by atoms with van der Waals surface area (Å²) in [5.41, 5.74) is 7.09. The van der Waals surface area contributed by atoms with Crippen molar-refractivity contribution in [3.05, 3.63) is 23.8 Å². The van der Waals surface area contributed by atoms with E-state index in [1.165, 1.54) is 0 Å². The molecule has 0 aromatic heterocycles. The van der Waals surface area contributed by atoms with Crippen molar-refractivity contribution in [2.24, 2.45) is 5.73 Å². The van der Waals surface area contributed by atoms with Gasteiger partial charge in [0.25, 0.3) is 0 Å². The molecule has 0 bridgehead atoms. The van der Waals surface area contributed by atoms with E-state index in [1.807, 2.05) is 25.2 Å². The Bertz CT molecular complexity index is 329. The molecule has 0 aliphatic carbocycles. The van der Waals surface area contributed by atoms with Crippen LogP contribution in [0.25, 0.3) is 0 Å². The van der Waals surface area contributed by atoms with Crippen molar-refractivity contribution in [2.75, 3.05) is 27.8 Å². The molecule has 0 aliphatic rings. The van der Waals surface area contributed by atoms with Gasteiger partial charge in [0.2, 0.25) is 0 Å². The van der Waals surface area contributed by atoms with E-state index in [9.17, 15) is 0 Å². The zero-order valence-electron chi connectivity index (χ0n) is 10.1. The van der Waals surface area contributed by atoms with Crippen molar-refractivity contribution < 1.29 is 9.47 Å². The Balaban J connectivity index is 2.89. The molecule has 0 aliphatic heterocycles. The Morgan fingerprint density at radius 2 is 2.06 bits per heavy atom. The second-order valence-electron chi connectivity index (χ2n) is 3.61. The van der Waals surface area contributed by atoms with Crippen LogP contribution in [0.4, 0.5) is 0 Å². The van der Waals surface area contributed by atoms with Crippen LogP contribution >= 0.6 is 0 Å². The van der Waals surface area contributed by atoms with Crippen LogP contribution in [0, 0.1) is 0 Å². The zero-order valence-corrected chi connectivity index (χ0v) is 10.1. The van der Waals surface area contributed by atoms with Gasteiger partial charge < -0.3 is 20.5 Å². The van der Waals surface area contributed by atoms with Gasteiger partial charge in [-0.25, -0.2) is 0 Å². The highest BCUT2D eigenvalue weighted by Gasteiger charge is 2.12. The topological polar surface area (TPSA) is 56.5 Å². The number of hydrogen-bond acceptors (Lipinski definition) is 4. The highest BCUT2D eigenvalue weighted by molar-refractivity contribution is 5.42. The van der Waals surface area contributed by atoms with E-state index in [1.54, 1.807) is 14.2 Å². The first-order valence-corrected chi connectivity index (χ1v) is 5.35. The first kappa shape index (κ1) is 12.8. The summed E-state index contributed by atoms with van der Waals surface area (Å²) in [4.78, 5) is 0. The van der Waals surface area contributed by atoms with Crippen molar-refractivity contribution >= 4 is 0 Å². The molecule has 0 heterocycles. The lowest BCUT2D eigenvalue weighted by molar-refractivity contribution is 0.393. The molecule has 1 unspecified atom stereocenters. The number of hydrogen-bond donors (Lipinski definition) is 2. The second-order valence-corrected chi connectivity index (χ2v) is 3.61. The maximum absolute atomic E-state index is 6.11. The predicted molar refractivity (Wildman–Crippen MR) is 65.0 cm³/mol. The maximum Gasteiger partial charge on any atom is 0.123 e. The molecule has 0 fully saturated rings. The third-order valence-electron chi connectivity index (χ3n) is 2.54. The molecule has 0 saturated heterocycles. The number of nitrogens with two attached hydrogens (primary N) is 1. The first-order valence-electron chi connectivity index (χ1n) is 5.35. The Morgan fingerprint density at radius 3 is 2.62 bits per heavy atom. The van der Waals surface area contributed by atoms with Gasteiger partial charge in [0.05, 0.1) is 14.2 Å². The molecule has 1 rings (SSSR count). The van der Waals surface area contributed by atoms with E-state index in [4.69, 9.17) is 15.2 Å². The SMILES string of the molecule is CNCCC(N)c1cc(OC)ccc1OC. The van der Waals surface area contributed by atoms with E-state index in [-0.39, 0.29) is 6.04 Å². The Kier molecular flexibility index (Phi) is 5.08. The average Bonchev–Trinajstić information content (AvgIpc) is 2.35. The maximum atomic E-state index is 6.11. The predicted octanol–water partition coefficient (Wildman–Crippen LogP) is 1.31. The minimum Gasteiger partial charge on any atom is -0.497 e. The standard InChI is InChI=1S/C12H20N2O2/c1-14-7-6-11(13)10-8-9(15-2)4-5-12(10)16-3/h4-5,8,11,14H,6-7,13H2,1-3H3. The van der Waals surface area contributed by atoms with Crippen LogP contribution in [-0.2, 0) is 0 Å². The van der Waals surface area contributed by atoms with Gasteiger partial charge in [0.1, 0.15) is 11.5 Å². The molecule has 90 valence electrons. The third-order valence-corrected chi connectivity index (χ3v) is 2.54. The van der Waals surface area contributed by atoms with Gasteiger partial charge in [-0.2, -0.15) is 0 Å². The lowest BCUT2D eigenvalue weighted by Gasteiger charge is -2.16. The van der Waals surface area contributed by atoms with Gasteiger partial charge in [0, 0.05) is 11.6 Å². The van der Waals surface area contributed by atoms with Gasteiger partial charge in [0.15, 0.2) is 0 Å². The monoisotopic (exact) mass is 224 g/mol. The van der Waals surface area contributed by atoms with E-state index in [0.29, 0.717) is 0 Å². The summed E-state index contributed by atoms with van der Waals surface area (Å²) in [6.07, 6.45) is 0.861. The van der Waals surface area contributed by atoms with Crippen LogP contribution in [0.1, 0.15) is 18.0 Å². The van der Waals surface area contributed by atoms with Crippen molar-refractivity contribution in [1.82, 2.24) is 5.32 Å². The zero-order chi connectivity index (χ0) is 12.0. The Morgan fingerprint density at radius 1 is 1.31 bits per heavy atom. The summed E-state index contributed by atoms with van der Waals surface area (Å²) < 4.78 is 10.5. The summed E-state index contributed by atoms with van der Waals surface area (Å²) in [6, 6.07) is 5.64. The molecule has 4 nitrogen and oxygen atoms in total. The molecular weight excluding hydrogens is 204 g/mol. The molecule has 1 atom stereocenters. The lowest BCUT2D eigenvalue weighted by Crippen LogP contribution is -2.18. The van der Waals surface area contributed by atoms with E-state index < -0.39 is 0 Å². The molecule has 3 N–H and O–H groups in total. The van der Waals surface area contributed by atoms with Crippen LogP contribution in [0.15, 0.2) is 18.2 Å². The highest BCUT2D eigenvalue weighted by atomic mass is 16.5. The van der Waals surface area contributed by atoms with E-state index in [0.717, 1.165) is 30.0 Å². The normalized spacial score (nSPS) is 12.2. The van der Waals surface area contributed by atoms with Gasteiger partial charge in [-0.15, -0.1) is 0 Å². The number of nitrogens with one attached hydrogen (secondary N) is 1. The minimum atomic E-state index is -0.0440. The second kappa shape index (κ2) is 6.35. The van der Waals surface area contributed by atoms with Crippen molar-refractivity contribution in [1.29, 1.82) is 0 Å². The van der Waals surface area contributed by atoms with Crippen molar-refractivity contribution in [2.45, 2.75) is 12.5 Å². The van der Waals surface area contributed by atoms with Crippen molar-refractivity contribution in [3.63, 3.8) is 0 Å². The number of methoxy groups -OCH3 is 2. The summed E-state index contributed by atoms with van der Waals surface area (Å²) in [5, 5.41) is 3.08. The number of rotatable bonds is 6. The summed E-state index contributed by atoms with van der Waals surface area (Å²) >= 11 is 0. The van der Waals surface area contributed by atoms with Crippen LogP contribution < -0.4 is 20.5 Å². The Labute approximate surface area is 96.7 Å². The van der Waals surface area contributed by atoms with Gasteiger partial charge >= 0.3 is 0 Å². The molecule has 16 heavy (non-hydrogen) atoms. The Hall–Kier alpha value is -1.26. The first-order chi connectivity index (χ1) is 7.72. The van der Waals surface area contributed by atoms with Crippen LogP contribution in [0.5, 0.6) is 11.5 Å². The fraction of sp³-hybridized carbons (Fsp3) is 0.500. The van der Waals surface area contributed by atoms with Gasteiger partial charge in [-0.3, -0.25) is 0 Å². The van der Waals surface area contributed by atoms with Crippen molar-refractivity contribution in [3.8, 4) is 11.5 Å². The van der Waals surface area contributed by atoms with Crippen LogP contribution in [0.3, 0.4) is 0 Å².